The Morgan fingerprint density at radius 2 is 1.60 bits per heavy atom. The monoisotopic (exact) mass is 423 g/mol. The summed E-state index contributed by atoms with van der Waals surface area (Å²) < 4.78 is 26.1. The van der Waals surface area contributed by atoms with E-state index in [1.165, 1.54) is 18.4 Å². The Morgan fingerprint density at radius 1 is 0.933 bits per heavy atom. The molecule has 0 atom stereocenters. The van der Waals surface area contributed by atoms with Gasteiger partial charge in [-0.2, -0.15) is 0 Å². The lowest BCUT2D eigenvalue weighted by molar-refractivity contribution is -0.114. The van der Waals surface area contributed by atoms with Crippen LogP contribution in [0, 0.1) is 6.92 Å². The largest absolute Gasteiger partial charge is 0.376 e. The van der Waals surface area contributed by atoms with E-state index in [9.17, 15) is 13.2 Å². The molecule has 0 aliphatic carbocycles. The molecule has 7 heteroatoms. The maximum atomic E-state index is 12.5. The minimum Gasteiger partial charge on any atom is -0.376 e. The van der Waals surface area contributed by atoms with Crippen molar-refractivity contribution < 1.29 is 13.2 Å². The van der Waals surface area contributed by atoms with E-state index in [1.54, 1.807) is 25.1 Å². The van der Waals surface area contributed by atoms with Gasteiger partial charge in [0.05, 0.1) is 11.4 Å². The summed E-state index contributed by atoms with van der Waals surface area (Å²) in [6.07, 6.45) is 0. The standard InChI is InChI=1S/C23H25N3O3S/c1-17-13-14-19(15-22(17)30(28,29)26(2)3)24-16-23(27)25-21-12-8-7-11-20(21)18-9-5-4-6-10-18/h4-15,24H,16H2,1-3H3,(H,25,27). The molecule has 0 aliphatic heterocycles. The molecule has 0 unspecified atom stereocenters. The van der Waals surface area contributed by atoms with E-state index in [1.807, 2.05) is 54.6 Å². The molecule has 0 heterocycles. The molecule has 0 fully saturated rings. The van der Waals surface area contributed by atoms with Crippen LogP contribution in [0.3, 0.4) is 0 Å². The van der Waals surface area contributed by atoms with Gasteiger partial charge < -0.3 is 10.6 Å². The fourth-order valence-corrected chi connectivity index (χ4v) is 4.17. The van der Waals surface area contributed by atoms with E-state index < -0.39 is 10.0 Å². The van der Waals surface area contributed by atoms with Crippen molar-refractivity contribution in [2.24, 2.45) is 0 Å². The predicted octanol–water partition coefficient (Wildman–Crippen LogP) is 3.96. The van der Waals surface area contributed by atoms with Gasteiger partial charge in [0.25, 0.3) is 0 Å². The van der Waals surface area contributed by atoms with Crippen LogP contribution in [0.2, 0.25) is 0 Å². The molecule has 6 nitrogen and oxygen atoms in total. The maximum absolute atomic E-state index is 12.5. The van der Waals surface area contributed by atoms with Crippen molar-refractivity contribution in [1.29, 1.82) is 0 Å². The first-order valence-corrected chi connectivity index (χ1v) is 10.9. The molecule has 30 heavy (non-hydrogen) atoms. The van der Waals surface area contributed by atoms with Gasteiger partial charge in [-0.1, -0.05) is 54.6 Å². The van der Waals surface area contributed by atoms with Gasteiger partial charge in [0, 0.05) is 31.0 Å². The first kappa shape index (κ1) is 21.5. The summed E-state index contributed by atoms with van der Waals surface area (Å²) in [4.78, 5) is 12.7. The summed E-state index contributed by atoms with van der Waals surface area (Å²) in [5.41, 5.74) is 3.87. The van der Waals surface area contributed by atoms with Crippen LogP contribution < -0.4 is 10.6 Å². The number of para-hydroxylation sites is 1. The second-order valence-corrected chi connectivity index (χ2v) is 9.20. The Balaban J connectivity index is 1.72. The summed E-state index contributed by atoms with van der Waals surface area (Å²) in [6.45, 7) is 1.75. The molecule has 0 bridgehead atoms. The SMILES string of the molecule is Cc1ccc(NCC(=O)Nc2ccccc2-c2ccccc2)cc1S(=O)(=O)N(C)C. The Hall–Kier alpha value is -3.16. The average Bonchev–Trinajstić information content (AvgIpc) is 2.74. The van der Waals surface area contributed by atoms with Gasteiger partial charge in [0.2, 0.25) is 15.9 Å². The zero-order valence-electron chi connectivity index (χ0n) is 17.2. The van der Waals surface area contributed by atoms with Crippen molar-refractivity contribution in [3.8, 4) is 11.1 Å². The number of nitrogens with one attached hydrogen (secondary N) is 2. The van der Waals surface area contributed by atoms with Crippen molar-refractivity contribution in [2.45, 2.75) is 11.8 Å². The van der Waals surface area contributed by atoms with Crippen LogP contribution in [-0.2, 0) is 14.8 Å². The van der Waals surface area contributed by atoms with Crippen molar-refractivity contribution in [2.75, 3.05) is 31.3 Å². The molecule has 3 aromatic carbocycles. The van der Waals surface area contributed by atoms with E-state index in [0.29, 0.717) is 11.3 Å². The highest BCUT2D eigenvalue weighted by molar-refractivity contribution is 7.89. The fourth-order valence-electron chi connectivity index (χ4n) is 3.02. The normalized spacial score (nSPS) is 11.3. The number of rotatable bonds is 7. The van der Waals surface area contributed by atoms with Crippen LogP contribution in [0.15, 0.2) is 77.7 Å². The first-order valence-electron chi connectivity index (χ1n) is 9.50. The highest BCUT2D eigenvalue weighted by Gasteiger charge is 2.20. The van der Waals surface area contributed by atoms with Crippen LogP contribution >= 0.6 is 0 Å². The van der Waals surface area contributed by atoms with Crippen molar-refractivity contribution in [1.82, 2.24) is 4.31 Å². The molecule has 1 amide bonds. The van der Waals surface area contributed by atoms with E-state index in [0.717, 1.165) is 16.8 Å². The fraction of sp³-hybridized carbons (Fsp3) is 0.174. The molecule has 0 saturated carbocycles. The summed E-state index contributed by atoms with van der Waals surface area (Å²) in [7, 11) is -0.576. The third kappa shape index (κ3) is 4.87. The molecule has 2 N–H and O–H groups in total. The number of carbonyl (C=O) groups excluding carboxylic acids is 1. The Kier molecular flexibility index (Phi) is 6.54. The number of sulfonamides is 1. The molecule has 0 spiro atoms. The Morgan fingerprint density at radius 3 is 2.30 bits per heavy atom. The molecule has 3 rings (SSSR count). The van der Waals surface area contributed by atoms with Crippen molar-refractivity contribution in [3.05, 3.63) is 78.4 Å². The zero-order valence-corrected chi connectivity index (χ0v) is 18.0. The average molecular weight is 424 g/mol. The summed E-state index contributed by atoms with van der Waals surface area (Å²) in [5.74, 6) is -0.226. The minimum absolute atomic E-state index is 0.00758. The van der Waals surface area contributed by atoms with Crippen LogP contribution in [0.5, 0.6) is 0 Å². The van der Waals surface area contributed by atoms with Gasteiger partial charge in [0.15, 0.2) is 0 Å². The topological polar surface area (TPSA) is 78.5 Å². The van der Waals surface area contributed by atoms with E-state index >= 15 is 0 Å². The first-order chi connectivity index (χ1) is 14.3. The summed E-state index contributed by atoms with van der Waals surface area (Å²) in [5, 5.41) is 5.93. The highest BCUT2D eigenvalue weighted by Crippen LogP contribution is 2.27. The molecule has 156 valence electrons. The molecule has 0 aliphatic rings. The number of hydrogen-bond donors (Lipinski definition) is 2. The van der Waals surface area contributed by atoms with Crippen molar-refractivity contribution >= 4 is 27.3 Å². The zero-order chi connectivity index (χ0) is 21.7. The number of aryl methyl sites for hydroxylation is 1. The maximum Gasteiger partial charge on any atom is 0.243 e. The van der Waals surface area contributed by atoms with Gasteiger partial charge in [-0.15, -0.1) is 0 Å². The second-order valence-electron chi connectivity index (χ2n) is 7.08. The summed E-state index contributed by atoms with van der Waals surface area (Å²) in [6, 6.07) is 22.5. The van der Waals surface area contributed by atoms with Crippen LogP contribution in [0.25, 0.3) is 11.1 Å². The predicted molar refractivity (Wildman–Crippen MR) is 121 cm³/mol. The number of hydrogen-bond acceptors (Lipinski definition) is 4. The number of nitrogens with zero attached hydrogens (tertiary/aromatic N) is 1. The quantitative estimate of drug-likeness (QED) is 0.603. The molecule has 3 aromatic rings. The van der Waals surface area contributed by atoms with Crippen LogP contribution in [-0.4, -0.2) is 39.3 Å². The van der Waals surface area contributed by atoms with Crippen LogP contribution in [0.1, 0.15) is 5.56 Å². The third-order valence-electron chi connectivity index (χ3n) is 4.69. The van der Waals surface area contributed by atoms with Gasteiger partial charge in [-0.25, -0.2) is 12.7 Å². The van der Waals surface area contributed by atoms with Crippen LogP contribution in [0.4, 0.5) is 11.4 Å². The van der Waals surface area contributed by atoms with Gasteiger partial charge in [-0.3, -0.25) is 4.79 Å². The lowest BCUT2D eigenvalue weighted by atomic mass is 10.0. The highest BCUT2D eigenvalue weighted by atomic mass is 32.2. The summed E-state index contributed by atoms with van der Waals surface area (Å²) >= 11 is 0. The molecular weight excluding hydrogens is 398 g/mol. The van der Waals surface area contributed by atoms with E-state index in [4.69, 9.17) is 0 Å². The molecule has 0 saturated heterocycles. The number of carbonyl (C=O) groups is 1. The number of benzene rings is 3. The number of anilines is 2. The van der Waals surface area contributed by atoms with Gasteiger partial charge >= 0.3 is 0 Å². The second kappa shape index (κ2) is 9.11. The third-order valence-corrected chi connectivity index (χ3v) is 6.64. The lowest BCUT2D eigenvalue weighted by Crippen LogP contribution is -2.24. The van der Waals surface area contributed by atoms with E-state index in [-0.39, 0.29) is 17.3 Å². The molecule has 0 aromatic heterocycles. The Bertz CT molecular complexity index is 1140. The smallest absolute Gasteiger partial charge is 0.243 e. The molecular formula is C23H25N3O3S. The molecule has 0 radical (unpaired) electrons. The lowest BCUT2D eigenvalue weighted by Gasteiger charge is -2.16. The minimum atomic E-state index is -3.56. The Labute approximate surface area is 177 Å². The van der Waals surface area contributed by atoms with E-state index in [2.05, 4.69) is 10.6 Å². The van der Waals surface area contributed by atoms with Crippen molar-refractivity contribution in [3.63, 3.8) is 0 Å². The number of amides is 1. The van der Waals surface area contributed by atoms with Gasteiger partial charge in [0.1, 0.15) is 0 Å². The van der Waals surface area contributed by atoms with Gasteiger partial charge in [-0.05, 0) is 36.2 Å².